The highest BCUT2D eigenvalue weighted by Crippen LogP contribution is 2.59. The van der Waals surface area contributed by atoms with Gasteiger partial charge in [0.05, 0.1) is 29.1 Å². The Morgan fingerprint density at radius 1 is 1.12 bits per heavy atom. The monoisotopic (exact) mass is 588 g/mol. The van der Waals surface area contributed by atoms with Gasteiger partial charge in [0.2, 0.25) is 0 Å². The van der Waals surface area contributed by atoms with E-state index in [4.69, 9.17) is 21.6 Å². The van der Waals surface area contributed by atoms with Gasteiger partial charge in [-0.1, -0.05) is 28.9 Å². The highest BCUT2D eigenvalue weighted by molar-refractivity contribution is 6.31. The van der Waals surface area contributed by atoms with Gasteiger partial charge >= 0.3 is 6.18 Å². The summed E-state index contributed by atoms with van der Waals surface area (Å²) in [6.07, 6.45) is -0.484. The van der Waals surface area contributed by atoms with Crippen LogP contribution in [0, 0.1) is 12.8 Å². The summed E-state index contributed by atoms with van der Waals surface area (Å²) in [5.41, 5.74) is 4.51. The molecule has 0 saturated heterocycles. The number of aliphatic imine (C=N–C) groups is 1. The minimum atomic E-state index is -4.64. The first-order valence-corrected chi connectivity index (χ1v) is 13.7. The highest BCUT2D eigenvalue weighted by Gasteiger charge is 2.55. The number of nitrogens with zero attached hydrogens (tertiary/aromatic N) is 7. The molecule has 3 atom stereocenters. The van der Waals surface area contributed by atoms with Crippen molar-refractivity contribution in [3.05, 3.63) is 93.0 Å². The second-order valence-corrected chi connectivity index (χ2v) is 11.3. The largest absolute Gasteiger partial charge is 0.436 e. The van der Waals surface area contributed by atoms with Gasteiger partial charge in [-0.25, -0.2) is 9.67 Å². The molecule has 5 heterocycles. The molecule has 0 amide bonds. The smallest absolute Gasteiger partial charge is 0.287 e. The lowest BCUT2D eigenvalue weighted by atomic mass is 9.97. The second-order valence-electron chi connectivity index (χ2n) is 10.9. The Bertz CT molecular complexity index is 2070. The summed E-state index contributed by atoms with van der Waals surface area (Å²) in [7, 11) is 0. The van der Waals surface area contributed by atoms with E-state index >= 15 is 0 Å². The van der Waals surface area contributed by atoms with Gasteiger partial charge in [0.15, 0.2) is 5.69 Å². The quantitative estimate of drug-likeness (QED) is 0.282. The lowest BCUT2D eigenvalue weighted by Crippen LogP contribution is -2.30. The van der Waals surface area contributed by atoms with Crippen molar-refractivity contribution in [2.24, 2.45) is 10.9 Å². The molecule has 210 valence electrons. The van der Waals surface area contributed by atoms with E-state index in [9.17, 15) is 18.0 Å². The minimum absolute atomic E-state index is 0.101. The summed E-state index contributed by atoms with van der Waals surface area (Å²) in [6, 6.07) is 12.0. The number of H-pyrrole nitrogens is 1. The summed E-state index contributed by atoms with van der Waals surface area (Å²) in [5, 5.41) is 15.7. The number of benzene rings is 2. The van der Waals surface area contributed by atoms with E-state index in [-0.39, 0.29) is 29.1 Å². The van der Waals surface area contributed by atoms with Gasteiger partial charge in [-0.05, 0) is 54.7 Å². The van der Waals surface area contributed by atoms with Crippen LogP contribution in [0.1, 0.15) is 47.6 Å². The molecule has 3 unspecified atom stereocenters. The van der Waals surface area contributed by atoms with E-state index in [1.807, 2.05) is 25.3 Å². The molecule has 3 aromatic heterocycles. The average molecular weight is 589 g/mol. The zero-order valence-corrected chi connectivity index (χ0v) is 22.6. The van der Waals surface area contributed by atoms with Crippen molar-refractivity contribution in [1.82, 2.24) is 34.7 Å². The summed E-state index contributed by atoms with van der Waals surface area (Å²) < 4.78 is 42.3. The molecule has 0 bridgehead atoms. The lowest BCUT2D eigenvalue weighted by Gasteiger charge is -2.19. The number of nitrogens with one attached hydrogen (secondary N) is 1. The van der Waals surface area contributed by atoms with Crippen molar-refractivity contribution in [2.45, 2.75) is 37.9 Å². The third-order valence-electron chi connectivity index (χ3n) is 8.32. The zero-order chi connectivity index (χ0) is 28.9. The molecule has 1 fully saturated rings. The maximum absolute atomic E-state index is 13.6. The highest BCUT2D eigenvalue weighted by atomic mass is 35.5. The number of aromatic amines is 1. The van der Waals surface area contributed by atoms with Crippen molar-refractivity contribution in [1.29, 1.82) is 0 Å². The number of fused-ring (bicyclic) bond motifs is 4. The third kappa shape index (κ3) is 3.85. The molecule has 0 radical (unpaired) electrons. The van der Waals surface area contributed by atoms with Crippen LogP contribution in [0.3, 0.4) is 0 Å². The Hall–Kier alpha value is -4.58. The number of hydrogen-bond acceptors (Lipinski definition) is 6. The summed E-state index contributed by atoms with van der Waals surface area (Å²) in [5.74, 6) is 0.966. The first-order valence-electron chi connectivity index (χ1n) is 13.3. The van der Waals surface area contributed by atoms with Crippen LogP contribution in [0.15, 0.2) is 64.6 Å². The fourth-order valence-electron chi connectivity index (χ4n) is 6.21. The number of halogens is 4. The SMILES string of the molecule is Cc1[nH]nc2cc(C3=CN=C(C4C5CC5c5nc(-c6cc(Cl)ccc6-n6cc(C(F)(F)F)nn6)cc(=O)n54)C3)ccc12. The van der Waals surface area contributed by atoms with Gasteiger partial charge in [-0.2, -0.15) is 18.3 Å². The van der Waals surface area contributed by atoms with Crippen molar-refractivity contribution < 1.29 is 13.2 Å². The summed E-state index contributed by atoms with van der Waals surface area (Å²) in [4.78, 5) is 23.2. The van der Waals surface area contributed by atoms with E-state index in [1.165, 1.54) is 18.2 Å². The van der Waals surface area contributed by atoms with E-state index in [0.29, 0.717) is 28.5 Å². The van der Waals surface area contributed by atoms with Gasteiger partial charge < -0.3 is 0 Å². The first-order chi connectivity index (χ1) is 20.2. The van der Waals surface area contributed by atoms with Crippen molar-refractivity contribution in [2.75, 3.05) is 0 Å². The number of rotatable bonds is 4. The van der Waals surface area contributed by atoms with Gasteiger partial charge in [-0.3, -0.25) is 19.5 Å². The first kappa shape index (κ1) is 25.2. The summed E-state index contributed by atoms with van der Waals surface area (Å²) in [6.45, 7) is 1.98. The van der Waals surface area contributed by atoms with Crippen LogP contribution in [-0.2, 0) is 6.18 Å². The molecule has 9 nitrogen and oxygen atoms in total. The van der Waals surface area contributed by atoms with Crippen molar-refractivity contribution in [3.63, 3.8) is 0 Å². The normalized spacial score (nSPS) is 20.9. The molecular weight excluding hydrogens is 569 g/mol. The third-order valence-corrected chi connectivity index (χ3v) is 8.55. The van der Waals surface area contributed by atoms with Crippen molar-refractivity contribution >= 4 is 33.8 Å². The van der Waals surface area contributed by atoms with Crippen LogP contribution in [0.2, 0.25) is 5.02 Å². The Morgan fingerprint density at radius 2 is 1.98 bits per heavy atom. The molecule has 1 saturated carbocycles. The molecule has 1 aliphatic carbocycles. The number of allylic oxidation sites excluding steroid dienone is 1. The van der Waals surface area contributed by atoms with Gasteiger partial charge in [0.1, 0.15) is 5.82 Å². The average Bonchev–Trinajstić information content (AvgIpc) is 3.37. The lowest BCUT2D eigenvalue weighted by molar-refractivity contribution is -0.141. The Morgan fingerprint density at radius 3 is 2.79 bits per heavy atom. The Labute approximate surface area is 240 Å². The van der Waals surface area contributed by atoms with E-state index in [0.717, 1.165) is 50.7 Å². The van der Waals surface area contributed by atoms with E-state index in [2.05, 4.69) is 26.6 Å². The fraction of sp³-hybridized carbons (Fsp3) is 0.241. The van der Waals surface area contributed by atoms with Crippen LogP contribution in [0.5, 0.6) is 0 Å². The molecule has 5 aromatic rings. The van der Waals surface area contributed by atoms with Crippen LogP contribution in [0.4, 0.5) is 13.2 Å². The number of hydrogen-bond donors (Lipinski definition) is 1. The standard InChI is InChI=1S/C29H20ClF3N8O/c1-13-17-4-2-14(6-22(17)37-36-13)15-7-23(34-11-15)27-18-9-19(18)28-35-21(10-26(42)41(27)28)20-8-16(30)3-5-24(20)40-12-25(38-39-40)29(31,32)33/h2-6,8,10-12,18-19,27H,7,9H2,1H3,(H,36,37). The number of aryl methyl sites for hydroxylation is 1. The predicted molar refractivity (Wildman–Crippen MR) is 150 cm³/mol. The topological polar surface area (TPSA) is 107 Å². The van der Waals surface area contributed by atoms with Gasteiger partial charge in [-0.15, -0.1) is 5.10 Å². The molecular formula is C29H20ClF3N8O. The minimum Gasteiger partial charge on any atom is -0.287 e. The van der Waals surface area contributed by atoms with Crippen LogP contribution in [-0.4, -0.2) is 40.5 Å². The van der Waals surface area contributed by atoms with Crippen LogP contribution in [0.25, 0.3) is 33.4 Å². The molecule has 42 heavy (non-hydrogen) atoms. The van der Waals surface area contributed by atoms with Crippen LogP contribution < -0.4 is 5.56 Å². The molecule has 3 aliphatic rings. The second kappa shape index (κ2) is 8.71. The van der Waals surface area contributed by atoms with Crippen LogP contribution >= 0.6 is 11.6 Å². The van der Waals surface area contributed by atoms with E-state index in [1.54, 1.807) is 10.6 Å². The molecule has 0 spiro atoms. The maximum atomic E-state index is 13.6. The van der Waals surface area contributed by atoms with E-state index < -0.39 is 11.9 Å². The van der Waals surface area contributed by atoms with Crippen molar-refractivity contribution in [3.8, 4) is 16.9 Å². The molecule has 2 aliphatic heterocycles. The Kier molecular flexibility index (Phi) is 5.22. The maximum Gasteiger partial charge on any atom is 0.436 e. The molecule has 8 rings (SSSR count). The number of alkyl halides is 3. The fourth-order valence-corrected chi connectivity index (χ4v) is 6.38. The molecule has 2 aromatic carbocycles. The molecule has 13 heteroatoms. The van der Waals surface area contributed by atoms with Gasteiger partial charge in [0.25, 0.3) is 5.56 Å². The van der Waals surface area contributed by atoms with Gasteiger partial charge in [0, 0.05) is 52.0 Å². The Balaban J connectivity index is 1.13. The zero-order valence-electron chi connectivity index (χ0n) is 21.9. The predicted octanol–water partition coefficient (Wildman–Crippen LogP) is 5.89. The molecule has 1 N–H and O–H groups in total. The number of aromatic nitrogens is 7. The summed E-state index contributed by atoms with van der Waals surface area (Å²) >= 11 is 6.27.